The highest BCUT2D eigenvalue weighted by molar-refractivity contribution is 5.72. The van der Waals surface area contributed by atoms with Crippen LogP contribution >= 0.6 is 0 Å². The van der Waals surface area contributed by atoms with Gasteiger partial charge >= 0.3 is 12.1 Å². The number of nitrogens with one attached hydrogen (secondary N) is 1. The zero-order valence-electron chi connectivity index (χ0n) is 11.4. The van der Waals surface area contributed by atoms with Crippen LogP contribution in [-0.2, 0) is 17.4 Å². The fourth-order valence-electron chi connectivity index (χ4n) is 1.82. The molecule has 2 atom stereocenters. The van der Waals surface area contributed by atoms with Crippen molar-refractivity contribution in [3.8, 4) is 0 Å². The maximum absolute atomic E-state index is 12.4. The monoisotopic (exact) mass is 289 g/mol. The summed E-state index contributed by atoms with van der Waals surface area (Å²) in [6.45, 7) is 3.40. The van der Waals surface area contributed by atoms with Crippen molar-refractivity contribution >= 4 is 5.97 Å². The van der Waals surface area contributed by atoms with Crippen LogP contribution in [0.1, 0.15) is 31.4 Å². The summed E-state index contributed by atoms with van der Waals surface area (Å²) in [6, 6.07) is 4.37. The van der Waals surface area contributed by atoms with E-state index < -0.39 is 23.8 Å². The average Bonchev–Trinajstić information content (AvgIpc) is 2.35. The summed E-state index contributed by atoms with van der Waals surface area (Å²) < 4.78 is 37.2. The molecule has 0 aliphatic carbocycles. The summed E-state index contributed by atoms with van der Waals surface area (Å²) in [5.41, 5.74) is 0.140. The first kappa shape index (κ1) is 16.5. The van der Waals surface area contributed by atoms with Crippen LogP contribution in [0.2, 0.25) is 0 Å². The Kier molecular flexibility index (Phi) is 5.56. The van der Waals surface area contributed by atoms with Crippen LogP contribution in [0.15, 0.2) is 24.3 Å². The van der Waals surface area contributed by atoms with Gasteiger partial charge in [0.15, 0.2) is 0 Å². The summed E-state index contributed by atoms with van der Waals surface area (Å²) in [6.07, 6.45) is -3.06. The predicted octanol–water partition coefficient (Wildman–Crippen LogP) is 3.09. The number of aliphatic carboxylic acids is 1. The second kappa shape index (κ2) is 6.74. The van der Waals surface area contributed by atoms with E-state index >= 15 is 0 Å². The molecule has 3 nitrogen and oxygen atoms in total. The van der Waals surface area contributed by atoms with Crippen molar-refractivity contribution in [2.75, 3.05) is 0 Å². The van der Waals surface area contributed by atoms with Crippen molar-refractivity contribution < 1.29 is 23.1 Å². The molecule has 0 aromatic heterocycles. The number of aryl methyl sites for hydroxylation is 1. The molecule has 2 unspecified atom stereocenters. The fourth-order valence-corrected chi connectivity index (χ4v) is 1.82. The maximum Gasteiger partial charge on any atom is 0.416 e. The summed E-state index contributed by atoms with van der Waals surface area (Å²) in [7, 11) is 0. The van der Waals surface area contributed by atoms with E-state index in [1.165, 1.54) is 12.1 Å². The number of benzene rings is 1. The molecular formula is C14H18F3NO2. The molecule has 6 heteroatoms. The van der Waals surface area contributed by atoms with Crippen LogP contribution in [0.5, 0.6) is 0 Å². The van der Waals surface area contributed by atoms with Crippen molar-refractivity contribution in [3.05, 3.63) is 35.4 Å². The van der Waals surface area contributed by atoms with E-state index in [0.29, 0.717) is 12.8 Å². The molecule has 0 heterocycles. The lowest BCUT2D eigenvalue weighted by Crippen LogP contribution is -2.40. The molecule has 112 valence electrons. The van der Waals surface area contributed by atoms with Crippen LogP contribution in [0.4, 0.5) is 13.2 Å². The second-order valence-corrected chi connectivity index (χ2v) is 4.86. The smallest absolute Gasteiger partial charge is 0.416 e. The molecule has 0 spiro atoms. The number of carboxylic acid groups (broad SMARTS) is 1. The molecule has 0 aliphatic heterocycles. The van der Waals surface area contributed by atoms with Gasteiger partial charge < -0.3 is 10.4 Å². The molecule has 0 bridgehead atoms. The quantitative estimate of drug-likeness (QED) is 0.846. The van der Waals surface area contributed by atoms with Crippen LogP contribution in [0, 0.1) is 0 Å². The normalized spacial score (nSPS) is 14.8. The highest BCUT2D eigenvalue weighted by atomic mass is 19.4. The van der Waals surface area contributed by atoms with Gasteiger partial charge in [0.25, 0.3) is 0 Å². The summed E-state index contributed by atoms with van der Waals surface area (Å²) in [5, 5.41) is 11.7. The summed E-state index contributed by atoms with van der Waals surface area (Å²) >= 11 is 0. The van der Waals surface area contributed by atoms with Gasteiger partial charge in [-0.15, -0.1) is 0 Å². The third-order valence-electron chi connectivity index (χ3n) is 3.05. The topological polar surface area (TPSA) is 49.3 Å². The summed E-state index contributed by atoms with van der Waals surface area (Å²) in [5.74, 6) is -0.925. The Balaban J connectivity index is 2.48. The Morgan fingerprint density at radius 2 is 1.80 bits per heavy atom. The van der Waals surface area contributed by atoms with Crippen molar-refractivity contribution in [1.29, 1.82) is 0 Å². The third-order valence-corrected chi connectivity index (χ3v) is 3.05. The Morgan fingerprint density at radius 3 is 2.25 bits per heavy atom. The van der Waals surface area contributed by atoms with Crippen molar-refractivity contribution in [1.82, 2.24) is 5.32 Å². The van der Waals surface area contributed by atoms with E-state index in [4.69, 9.17) is 5.11 Å². The molecule has 0 fully saturated rings. The number of alkyl halides is 3. The fraction of sp³-hybridized carbons (Fsp3) is 0.500. The molecule has 0 saturated carbocycles. The van der Waals surface area contributed by atoms with E-state index in [1.807, 2.05) is 6.92 Å². The van der Waals surface area contributed by atoms with Crippen LogP contribution in [-0.4, -0.2) is 23.2 Å². The number of hydrogen-bond donors (Lipinski definition) is 2. The Hall–Kier alpha value is -1.56. The lowest BCUT2D eigenvalue weighted by molar-refractivity contribution is -0.139. The van der Waals surface area contributed by atoms with Crippen molar-refractivity contribution in [3.63, 3.8) is 0 Å². The Labute approximate surface area is 115 Å². The van der Waals surface area contributed by atoms with Gasteiger partial charge in [-0.05, 0) is 44.4 Å². The van der Waals surface area contributed by atoms with Gasteiger partial charge in [-0.2, -0.15) is 13.2 Å². The number of halogens is 3. The molecule has 20 heavy (non-hydrogen) atoms. The number of rotatable bonds is 6. The number of carboxylic acids is 1. The minimum Gasteiger partial charge on any atom is -0.480 e. The van der Waals surface area contributed by atoms with Gasteiger partial charge in [0.1, 0.15) is 6.04 Å². The lowest BCUT2D eigenvalue weighted by atomic mass is 10.0. The molecule has 0 saturated heterocycles. The van der Waals surface area contributed by atoms with E-state index in [-0.39, 0.29) is 6.04 Å². The van der Waals surface area contributed by atoms with E-state index in [2.05, 4.69) is 5.32 Å². The molecule has 2 N–H and O–H groups in total. The third kappa shape index (κ3) is 5.21. The Bertz CT molecular complexity index is 443. The van der Waals surface area contributed by atoms with E-state index in [1.54, 1.807) is 6.92 Å². The maximum atomic E-state index is 12.4. The SMILES string of the molecule is CC(CCc1ccc(C(F)(F)F)cc1)NC(C)C(=O)O. The molecule has 0 aliphatic rings. The van der Waals surface area contributed by atoms with E-state index in [0.717, 1.165) is 17.7 Å². The number of hydrogen-bond acceptors (Lipinski definition) is 2. The largest absolute Gasteiger partial charge is 0.480 e. The molecular weight excluding hydrogens is 271 g/mol. The molecule has 1 rings (SSSR count). The van der Waals surface area contributed by atoms with Gasteiger partial charge in [-0.1, -0.05) is 12.1 Å². The minimum atomic E-state index is -4.32. The standard InChI is InChI=1S/C14H18F3NO2/c1-9(18-10(2)13(19)20)3-4-11-5-7-12(8-6-11)14(15,16)17/h5-10,18H,3-4H2,1-2H3,(H,19,20). The lowest BCUT2D eigenvalue weighted by Gasteiger charge is -2.17. The van der Waals surface area contributed by atoms with Crippen molar-refractivity contribution in [2.45, 2.75) is 44.9 Å². The van der Waals surface area contributed by atoms with Crippen LogP contribution in [0.3, 0.4) is 0 Å². The highest BCUT2D eigenvalue weighted by Gasteiger charge is 2.29. The van der Waals surface area contributed by atoms with Crippen LogP contribution in [0.25, 0.3) is 0 Å². The first-order valence-corrected chi connectivity index (χ1v) is 6.35. The molecule has 1 aromatic carbocycles. The first-order chi connectivity index (χ1) is 9.20. The second-order valence-electron chi connectivity index (χ2n) is 4.86. The molecule has 0 amide bonds. The van der Waals surface area contributed by atoms with Gasteiger partial charge in [0.05, 0.1) is 5.56 Å². The highest BCUT2D eigenvalue weighted by Crippen LogP contribution is 2.29. The van der Waals surface area contributed by atoms with Gasteiger partial charge in [0, 0.05) is 6.04 Å². The van der Waals surface area contributed by atoms with Gasteiger partial charge in [-0.25, -0.2) is 0 Å². The average molecular weight is 289 g/mol. The Morgan fingerprint density at radius 1 is 1.25 bits per heavy atom. The predicted molar refractivity (Wildman–Crippen MR) is 69.5 cm³/mol. The zero-order valence-corrected chi connectivity index (χ0v) is 11.4. The zero-order chi connectivity index (χ0) is 15.3. The van der Waals surface area contributed by atoms with Crippen molar-refractivity contribution in [2.24, 2.45) is 0 Å². The molecule has 0 radical (unpaired) electrons. The summed E-state index contributed by atoms with van der Waals surface area (Å²) in [4.78, 5) is 10.7. The number of carbonyl (C=O) groups is 1. The van der Waals surface area contributed by atoms with E-state index in [9.17, 15) is 18.0 Å². The first-order valence-electron chi connectivity index (χ1n) is 6.35. The van der Waals surface area contributed by atoms with Crippen LogP contribution < -0.4 is 5.32 Å². The van der Waals surface area contributed by atoms with Gasteiger partial charge in [-0.3, -0.25) is 4.79 Å². The minimum absolute atomic E-state index is 0.0246. The van der Waals surface area contributed by atoms with Gasteiger partial charge in [0.2, 0.25) is 0 Å². The molecule has 1 aromatic rings.